The van der Waals surface area contributed by atoms with E-state index in [1.165, 1.54) is 11.3 Å². The van der Waals surface area contributed by atoms with E-state index in [-0.39, 0.29) is 5.91 Å². The Hall–Kier alpha value is -1.62. The van der Waals surface area contributed by atoms with Crippen molar-refractivity contribution >= 4 is 50.7 Å². The summed E-state index contributed by atoms with van der Waals surface area (Å²) in [5.74, 6) is -0.321. The second-order valence-electron chi connectivity index (χ2n) is 4.91. The first-order valence-electron chi connectivity index (χ1n) is 6.56. The first kappa shape index (κ1) is 15.3. The van der Waals surface area contributed by atoms with E-state index in [0.29, 0.717) is 20.4 Å². The van der Waals surface area contributed by atoms with Crippen LogP contribution in [-0.2, 0) is 7.05 Å². The Labute approximate surface area is 141 Å². The molecule has 0 bridgehead atoms. The first-order chi connectivity index (χ1) is 10.5. The van der Waals surface area contributed by atoms with Gasteiger partial charge in [-0.05, 0) is 36.8 Å². The fraction of sp³-hybridized carbons (Fsp3) is 0.125. The van der Waals surface area contributed by atoms with Crippen LogP contribution in [0.4, 0.5) is 0 Å². The molecule has 0 saturated carbocycles. The van der Waals surface area contributed by atoms with Gasteiger partial charge in [-0.2, -0.15) is 4.99 Å². The molecule has 3 rings (SSSR count). The summed E-state index contributed by atoms with van der Waals surface area (Å²) in [6.07, 6.45) is 0. The minimum Gasteiger partial charge on any atom is -0.319 e. The number of halogens is 2. The highest BCUT2D eigenvalue weighted by atomic mass is 35.5. The molecular formula is C16H12Cl2N2OS. The Kier molecular flexibility index (Phi) is 4.08. The van der Waals surface area contributed by atoms with Gasteiger partial charge < -0.3 is 4.57 Å². The third-order valence-electron chi connectivity index (χ3n) is 3.37. The Morgan fingerprint density at radius 2 is 2.00 bits per heavy atom. The van der Waals surface area contributed by atoms with E-state index >= 15 is 0 Å². The Morgan fingerprint density at radius 1 is 1.23 bits per heavy atom. The van der Waals surface area contributed by atoms with Crippen molar-refractivity contribution in [1.29, 1.82) is 0 Å². The van der Waals surface area contributed by atoms with Crippen LogP contribution < -0.4 is 4.80 Å². The van der Waals surface area contributed by atoms with Crippen molar-refractivity contribution in [2.24, 2.45) is 12.0 Å². The molecule has 0 aliphatic carbocycles. The zero-order valence-corrected chi connectivity index (χ0v) is 14.3. The largest absolute Gasteiger partial charge is 0.319 e. The van der Waals surface area contributed by atoms with Crippen LogP contribution in [-0.4, -0.2) is 10.5 Å². The van der Waals surface area contributed by atoms with Gasteiger partial charge in [0.1, 0.15) is 0 Å². The molecule has 0 unspecified atom stereocenters. The summed E-state index contributed by atoms with van der Waals surface area (Å²) >= 11 is 13.6. The number of hydrogen-bond acceptors (Lipinski definition) is 2. The van der Waals surface area contributed by atoms with Crippen molar-refractivity contribution in [2.45, 2.75) is 6.92 Å². The quantitative estimate of drug-likeness (QED) is 0.631. The van der Waals surface area contributed by atoms with Gasteiger partial charge in [0.2, 0.25) is 0 Å². The molecule has 2 aromatic carbocycles. The molecule has 3 aromatic rings. The van der Waals surface area contributed by atoms with Crippen LogP contribution >= 0.6 is 34.5 Å². The Morgan fingerprint density at radius 3 is 2.68 bits per heavy atom. The molecule has 0 radical (unpaired) electrons. The number of nitrogens with zero attached hydrogens (tertiary/aromatic N) is 2. The van der Waals surface area contributed by atoms with Crippen LogP contribution in [0.5, 0.6) is 0 Å². The lowest BCUT2D eigenvalue weighted by Crippen LogP contribution is -2.13. The van der Waals surface area contributed by atoms with Crippen LogP contribution in [0.1, 0.15) is 15.9 Å². The van der Waals surface area contributed by atoms with Gasteiger partial charge in [0.25, 0.3) is 5.91 Å². The smallest absolute Gasteiger partial charge is 0.279 e. The number of hydrogen-bond donors (Lipinski definition) is 0. The van der Waals surface area contributed by atoms with Gasteiger partial charge in [0.05, 0.1) is 15.2 Å². The van der Waals surface area contributed by atoms with Gasteiger partial charge >= 0.3 is 0 Å². The third-order valence-corrected chi connectivity index (χ3v) is 5.20. The molecule has 0 N–H and O–H groups in total. The Bertz CT molecular complexity index is 956. The molecule has 6 heteroatoms. The molecule has 0 fully saturated rings. The summed E-state index contributed by atoms with van der Waals surface area (Å²) in [5.41, 5.74) is 2.55. The predicted molar refractivity (Wildman–Crippen MR) is 91.9 cm³/mol. The third kappa shape index (κ3) is 2.70. The van der Waals surface area contributed by atoms with E-state index in [2.05, 4.69) is 4.99 Å². The number of rotatable bonds is 1. The van der Waals surface area contributed by atoms with Crippen LogP contribution in [0.3, 0.4) is 0 Å². The monoisotopic (exact) mass is 350 g/mol. The number of fused-ring (bicyclic) bond motifs is 1. The zero-order chi connectivity index (χ0) is 15.9. The van der Waals surface area contributed by atoms with Gasteiger partial charge in [-0.1, -0.05) is 46.7 Å². The highest BCUT2D eigenvalue weighted by Crippen LogP contribution is 2.28. The number of aryl methyl sites for hydroxylation is 2. The first-order valence-corrected chi connectivity index (χ1v) is 8.14. The average molecular weight is 351 g/mol. The van der Waals surface area contributed by atoms with Crippen LogP contribution in [0, 0.1) is 6.92 Å². The standard InChI is InChI=1S/C16H12Cl2N2OS/c1-9-6-7-12(18)14-13(9)20(2)16(22-14)19-15(21)10-4-3-5-11(17)8-10/h3-8H,1-2H3. The maximum Gasteiger partial charge on any atom is 0.279 e. The lowest BCUT2D eigenvalue weighted by atomic mass is 10.2. The fourth-order valence-corrected chi connectivity index (χ4v) is 3.84. The van der Waals surface area contributed by atoms with Crippen molar-refractivity contribution in [2.75, 3.05) is 0 Å². The molecule has 1 amide bonds. The molecule has 0 spiro atoms. The highest BCUT2D eigenvalue weighted by Gasteiger charge is 2.11. The molecule has 1 aromatic heterocycles. The van der Waals surface area contributed by atoms with E-state index in [0.717, 1.165) is 15.8 Å². The molecule has 112 valence electrons. The van der Waals surface area contributed by atoms with Crippen molar-refractivity contribution < 1.29 is 4.79 Å². The summed E-state index contributed by atoms with van der Waals surface area (Å²) in [4.78, 5) is 17.1. The molecule has 0 aliphatic rings. The number of aromatic nitrogens is 1. The van der Waals surface area contributed by atoms with E-state index in [1.807, 2.05) is 30.7 Å². The summed E-state index contributed by atoms with van der Waals surface area (Å²) in [6.45, 7) is 2.01. The second kappa shape index (κ2) is 5.88. The fourth-order valence-electron chi connectivity index (χ4n) is 2.29. The van der Waals surface area contributed by atoms with E-state index in [9.17, 15) is 4.79 Å². The highest BCUT2D eigenvalue weighted by molar-refractivity contribution is 7.17. The average Bonchev–Trinajstić information content (AvgIpc) is 2.81. The summed E-state index contributed by atoms with van der Waals surface area (Å²) in [5, 5.41) is 1.18. The SMILES string of the molecule is Cc1ccc(Cl)c2sc(=NC(=O)c3cccc(Cl)c3)n(C)c12. The van der Waals surface area contributed by atoms with E-state index < -0.39 is 0 Å². The van der Waals surface area contributed by atoms with Crippen molar-refractivity contribution in [1.82, 2.24) is 4.57 Å². The van der Waals surface area contributed by atoms with Crippen LogP contribution in [0.25, 0.3) is 10.2 Å². The van der Waals surface area contributed by atoms with Crippen LogP contribution in [0.2, 0.25) is 10.0 Å². The van der Waals surface area contributed by atoms with Crippen molar-refractivity contribution in [3.8, 4) is 0 Å². The number of thiazole rings is 1. The van der Waals surface area contributed by atoms with Crippen LogP contribution in [0.15, 0.2) is 41.4 Å². The van der Waals surface area contributed by atoms with Gasteiger partial charge in [-0.3, -0.25) is 4.79 Å². The maximum atomic E-state index is 12.3. The lowest BCUT2D eigenvalue weighted by Gasteiger charge is -2.01. The van der Waals surface area contributed by atoms with E-state index in [4.69, 9.17) is 23.2 Å². The minimum atomic E-state index is -0.321. The number of amides is 1. The molecule has 3 nitrogen and oxygen atoms in total. The summed E-state index contributed by atoms with van der Waals surface area (Å²) in [7, 11) is 1.88. The second-order valence-corrected chi connectivity index (χ2v) is 6.73. The van der Waals surface area contributed by atoms with Crippen molar-refractivity contribution in [3.63, 3.8) is 0 Å². The Balaban J connectivity index is 2.18. The topological polar surface area (TPSA) is 34.4 Å². The number of benzene rings is 2. The predicted octanol–water partition coefficient (Wildman–Crippen LogP) is 4.60. The number of carbonyl (C=O) groups excluding carboxylic acids is 1. The molecule has 0 aliphatic heterocycles. The van der Waals surface area contributed by atoms with Gasteiger partial charge in [-0.25, -0.2) is 0 Å². The van der Waals surface area contributed by atoms with E-state index in [1.54, 1.807) is 24.3 Å². The maximum absolute atomic E-state index is 12.3. The molecule has 0 atom stereocenters. The molecule has 22 heavy (non-hydrogen) atoms. The van der Waals surface area contributed by atoms with Gasteiger partial charge in [0.15, 0.2) is 4.80 Å². The summed E-state index contributed by atoms with van der Waals surface area (Å²) in [6, 6.07) is 10.6. The zero-order valence-electron chi connectivity index (χ0n) is 11.9. The molecule has 1 heterocycles. The lowest BCUT2D eigenvalue weighted by molar-refractivity contribution is 0.0998. The normalized spacial score (nSPS) is 12.1. The molecular weight excluding hydrogens is 339 g/mol. The summed E-state index contributed by atoms with van der Waals surface area (Å²) < 4.78 is 2.82. The minimum absolute atomic E-state index is 0.321. The molecule has 0 saturated heterocycles. The number of carbonyl (C=O) groups is 1. The van der Waals surface area contributed by atoms with Gasteiger partial charge in [-0.15, -0.1) is 0 Å². The van der Waals surface area contributed by atoms with Gasteiger partial charge in [0, 0.05) is 17.6 Å². The van der Waals surface area contributed by atoms with Crippen molar-refractivity contribution in [3.05, 3.63) is 62.4 Å².